The van der Waals surface area contributed by atoms with Gasteiger partial charge < -0.3 is 15.0 Å². The van der Waals surface area contributed by atoms with E-state index in [0.717, 1.165) is 19.5 Å². The maximum atomic E-state index is 6.07. The van der Waals surface area contributed by atoms with E-state index < -0.39 is 0 Å². The monoisotopic (exact) mass is 282 g/mol. The van der Waals surface area contributed by atoms with Crippen molar-refractivity contribution in [2.75, 3.05) is 19.7 Å². The predicted octanol–water partition coefficient (Wildman–Crippen LogP) is 1.90. The molecule has 0 amide bonds. The summed E-state index contributed by atoms with van der Waals surface area (Å²) < 4.78 is 11.0. The zero-order chi connectivity index (χ0) is 14.7. The van der Waals surface area contributed by atoms with Gasteiger partial charge in [-0.1, -0.05) is 19.0 Å². The highest BCUT2D eigenvalue weighted by molar-refractivity contribution is 4.97. The number of hydrogen-bond acceptors (Lipinski definition) is 6. The molecule has 114 valence electrons. The van der Waals surface area contributed by atoms with Crippen LogP contribution in [0.15, 0.2) is 4.52 Å². The standard InChI is InChI=1S/C14H26N4O2/c1-9(2)7-11(15)14-16-13(17-20-14)12-8-18(10(3)4)5-6-19-12/h9-12H,5-8,15H2,1-4H3. The van der Waals surface area contributed by atoms with Gasteiger partial charge in [-0.05, 0) is 26.2 Å². The van der Waals surface area contributed by atoms with E-state index in [1.54, 1.807) is 0 Å². The molecule has 1 aromatic heterocycles. The predicted molar refractivity (Wildman–Crippen MR) is 76.1 cm³/mol. The summed E-state index contributed by atoms with van der Waals surface area (Å²) in [5.41, 5.74) is 6.07. The van der Waals surface area contributed by atoms with Gasteiger partial charge in [0.15, 0.2) is 0 Å². The summed E-state index contributed by atoms with van der Waals surface area (Å²) in [6, 6.07) is 0.303. The van der Waals surface area contributed by atoms with Crippen LogP contribution in [0.25, 0.3) is 0 Å². The number of aromatic nitrogens is 2. The Labute approximate surface area is 120 Å². The van der Waals surface area contributed by atoms with Crippen molar-refractivity contribution in [3.63, 3.8) is 0 Å². The second-order valence-corrected chi connectivity index (χ2v) is 6.17. The van der Waals surface area contributed by atoms with Crippen molar-refractivity contribution >= 4 is 0 Å². The summed E-state index contributed by atoms with van der Waals surface area (Å²) in [5.74, 6) is 1.63. The lowest BCUT2D eigenvalue weighted by Crippen LogP contribution is -2.42. The Morgan fingerprint density at radius 1 is 1.35 bits per heavy atom. The number of rotatable bonds is 5. The van der Waals surface area contributed by atoms with E-state index in [4.69, 9.17) is 15.0 Å². The Kier molecular flexibility index (Phi) is 5.12. The largest absolute Gasteiger partial charge is 0.367 e. The average Bonchev–Trinajstić information content (AvgIpc) is 2.87. The van der Waals surface area contributed by atoms with Gasteiger partial charge in [0.2, 0.25) is 11.7 Å². The molecule has 0 spiro atoms. The third-order valence-electron chi connectivity index (χ3n) is 3.62. The maximum Gasteiger partial charge on any atom is 0.243 e. The molecular formula is C14H26N4O2. The molecular weight excluding hydrogens is 256 g/mol. The van der Waals surface area contributed by atoms with Gasteiger partial charge in [0.25, 0.3) is 0 Å². The maximum absolute atomic E-state index is 6.07. The number of hydrogen-bond donors (Lipinski definition) is 1. The quantitative estimate of drug-likeness (QED) is 0.888. The van der Waals surface area contributed by atoms with Crippen molar-refractivity contribution in [1.82, 2.24) is 15.0 Å². The molecule has 20 heavy (non-hydrogen) atoms. The molecule has 2 N–H and O–H groups in total. The number of nitrogens with zero attached hydrogens (tertiary/aromatic N) is 3. The minimum absolute atomic E-state index is 0.116. The molecule has 0 aromatic carbocycles. The Hall–Kier alpha value is -0.980. The van der Waals surface area contributed by atoms with Crippen LogP contribution in [0.1, 0.15) is 58.0 Å². The SMILES string of the molecule is CC(C)CC(N)c1nc(C2CN(C(C)C)CCO2)no1. The molecule has 1 aromatic rings. The Morgan fingerprint density at radius 3 is 2.75 bits per heavy atom. The van der Waals surface area contributed by atoms with Crippen molar-refractivity contribution in [3.05, 3.63) is 11.7 Å². The Balaban J connectivity index is 2.01. The van der Waals surface area contributed by atoms with E-state index in [-0.39, 0.29) is 12.1 Å². The molecule has 0 radical (unpaired) electrons. The smallest absolute Gasteiger partial charge is 0.243 e. The number of ether oxygens (including phenoxy) is 1. The van der Waals surface area contributed by atoms with E-state index in [1.165, 1.54) is 0 Å². The fraction of sp³-hybridized carbons (Fsp3) is 0.857. The first-order chi connectivity index (χ1) is 9.47. The summed E-state index contributed by atoms with van der Waals surface area (Å²) in [6.07, 6.45) is 0.723. The first-order valence-electron chi connectivity index (χ1n) is 7.42. The normalized spacial score (nSPS) is 22.6. The highest BCUT2D eigenvalue weighted by atomic mass is 16.5. The molecule has 2 rings (SSSR count). The van der Waals surface area contributed by atoms with Crippen LogP contribution >= 0.6 is 0 Å². The summed E-state index contributed by atoms with van der Waals surface area (Å²) in [4.78, 5) is 6.79. The van der Waals surface area contributed by atoms with Gasteiger partial charge in [-0.2, -0.15) is 4.98 Å². The van der Waals surface area contributed by atoms with Crippen LogP contribution in [0.5, 0.6) is 0 Å². The lowest BCUT2D eigenvalue weighted by molar-refractivity contribution is -0.0450. The minimum Gasteiger partial charge on any atom is -0.367 e. The number of nitrogens with two attached hydrogens (primary N) is 1. The molecule has 0 saturated carbocycles. The van der Waals surface area contributed by atoms with E-state index in [1.807, 2.05) is 0 Å². The third kappa shape index (κ3) is 3.77. The van der Waals surface area contributed by atoms with Crippen LogP contribution in [-0.2, 0) is 4.74 Å². The Morgan fingerprint density at radius 2 is 2.10 bits per heavy atom. The topological polar surface area (TPSA) is 77.4 Å². The van der Waals surface area contributed by atoms with E-state index in [0.29, 0.717) is 30.3 Å². The van der Waals surface area contributed by atoms with Gasteiger partial charge in [-0.3, -0.25) is 4.90 Å². The van der Waals surface area contributed by atoms with Crippen molar-refractivity contribution in [1.29, 1.82) is 0 Å². The van der Waals surface area contributed by atoms with Gasteiger partial charge in [-0.25, -0.2) is 0 Å². The molecule has 6 heteroatoms. The second-order valence-electron chi connectivity index (χ2n) is 6.17. The molecule has 1 aliphatic rings. The van der Waals surface area contributed by atoms with Gasteiger partial charge in [0.05, 0.1) is 12.6 Å². The average molecular weight is 282 g/mol. The van der Waals surface area contributed by atoms with E-state index >= 15 is 0 Å². The zero-order valence-corrected chi connectivity index (χ0v) is 12.9. The molecule has 6 nitrogen and oxygen atoms in total. The fourth-order valence-electron chi connectivity index (χ4n) is 2.43. The van der Waals surface area contributed by atoms with Gasteiger partial charge >= 0.3 is 0 Å². The van der Waals surface area contributed by atoms with Gasteiger partial charge in [-0.15, -0.1) is 0 Å². The van der Waals surface area contributed by atoms with Crippen LogP contribution in [0.2, 0.25) is 0 Å². The molecule has 1 fully saturated rings. The van der Waals surface area contributed by atoms with Crippen molar-refractivity contribution in [2.45, 2.75) is 52.3 Å². The first-order valence-corrected chi connectivity index (χ1v) is 7.42. The molecule has 2 heterocycles. The minimum atomic E-state index is -0.193. The van der Waals surface area contributed by atoms with Crippen LogP contribution in [0.3, 0.4) is 0 Å². The molecule has 2 unspecified atom stereocenters. The Bertz CT molecular complexity index is 419. The highest BCUT2D eigenvalue weighted by Gasteiger charge is 2.28. The van der Waals surface area contributed by atoms with E-state index in [2.05, 4.69) is 42.7 Å². The van der Waals surface area contributed by atoms with Gasteiger partial charge in [0.1, 0.15) is 6.10 Å². The van der Waals surface area contributed by atoms with Crippen LogP contribution < -0.4 is 5.73 Å². The van der Waals surface area contributed by atoms with Crippen molar-refractivity contribution in [3.8, 4) is 0 Å². The summed E-state index contributed by atoms with van der Waals surface area (Å²) in [7, 11) is 0. The third-order valence-corrected chi connectivity index (χ3v) is 3.62. The molecule has 1 aliphatic heterocycles. The van der Waals surface area contributed by atoms with Crippen LogP contribution in [0, 0.1) is 5.92 Å². The zero-order valence-electron chi connectivity index (χ0n) is 12.9. The molecule has 0 bridgehead atoms. The molecule has 1 saturated heterocycles. The van der Waals surface area contributed by atoms with Crippen LogP contribution in [0.4, 0.5) is 0 Å². The lowest BCUT2D eigenvalue weighted by Gasteiger charge is -2.34. The van der Waals surface area contributed by atoms with E-state index in [9.17, 15) is 0 Å². The van der Waals surface area contributed by atoms with Crippen molar-refractivity contribution in [2.24, 2.45) is 11.7 Å². The fourth-order valence-corrected chi connectivity index (χ4v) is 2.43. The number of morpholine rings is 1. The highest BCUT2D eigenvalue weighted by Crippen LogP contribution is 2.23. The van der Waals surface area contributed by atoms with Crippen LogP contribution in [-0.4, -0.2) is 40.8 Å². The lowest BCUT2D eigenvalue weighted by atomic mass is 10.0. The van der Waals surface area contributed by atoms with Crippen molar-refractivity contribution < 1.29 is 9.26 Å². The summed E-state index contributed by atoms with van der Waals surface area (Å²) in [5, 5.41) is 4.04. The first kappa shape index (κ1) is 15.4. The second kappa shape index (κ2) is 6.65. The molecule has 2 atom stereocenters. The summed E-state index contributed by atoms with van der Waals surface area (Å²) in [6.45, 7) is 11.1. The molecule has 0 aliphatic carbocycles. The van der Waals surface area contributed by atoms with Gasteiger partial charge in [0, 0.05) is 19.1 Å². The summed E-state index contributed by atoms with van der Waals surface area (Å²) >= 11 is 0.